The number of hydrogen-bond acceptors (Lipinski definition) is 5. The molecule has 1 unspecified atom stereocenters. The first-order valence-corrected chi connectivity index (χ1v) is 6.30. The summed E-state index contributed by atoms with van der Waals surface area (Å²) in [6, 6.07) is -1.02. The molecule has 8 heteroatoms. The molecule has 0 aliphatic carbocycles. The van der Waals surface area contributed by atoms with Crippen molar-refractivity contribution >= 4 is 21.9 Å². The van der Waals surface area contributed by atoms with E-state index in [9.17, 15) is 18.0 Å². The Labute approximate surface area is 99.7 Å². The van der Waals surface area contributed by atoms with E-state index in [-0.39, 0.29) is 19.0 Å². The molecule has 1 heterocycles. The van der Waals surface area contributed by atoms with Crippen molar-refractivity contribution in [1.82, 2.24) is 9.21 Å². The van der Waals surface area contributed by atoms with E-state index >= 15 is 0 Å². The van der Waals surface area contributed by atoms with Crippen molar-refractivity contribution in [3.63, 3.8) is 0 Å². The van der Waals surface area contributed by atoms with Gasteiger partial charge in [-0.15, -0.1) is 0 Å². The van der Waals surface area contributed by atoms with Crippen LogP contribution in [0, 0.1) is 0 Å². The number of hydrogen-bond donors (Lipinski definition) is 0. The minimum absolute atomic E-state index is 0.0292. The van der Waals surface area contributed by atoms with Crippen molar-refractivity contribution < 1.29 is 22.7 Å². The van der Waals surface area contributed by atoms with Gasteiger partial charge in [0.15, 0.2) is 0 Å². The van der Waals surface area contributed by atoms with E-state index in [0.717, 1.165) is 11.4 Å². The van der Waals surface area contributed by atoms with Gasteiger partial charge in [-0.25, -0.2) is 8.42 Å². The van der Waals surface area contributed by atoms with E-state index in [0.29, 0.717) is 5.41 Å². The summed E-state index contributed by atoms with van der Waals surface area (Å²) in [5.74, 6) is -1.08. The van der Waals surface area contributed by atoms with Crippen LogP contribution in [0.5, 0.6) is 0 Å². The van der Waals surface area contributed by atoms with E-state index in [1.807, 2.05) is 0 Å². The molecule has 1 fully saturated rings. The predicted molar refractivity (Wildman–Crippen MR) is 59.3 cm³/mol. The van der Waals surface area contributed by atoms with Gasteiger partial charge >= 0.3 is 5.97 Å². The molecule has 0 N–H and O–H groups in total. The number of amides is 1. The van der Waals surface area contributed by atoms with Crippen LogP contribution in [0.15, 0.2) is 12.0 Å². The lowest BCUT2D eigenvalue weighted by atomic mass is 10.2. The van der Waals surface area contributed by atoms with Crippen molar-refractivity contribution in [2.24, 2.45) is 0 Å². The number of esters is 1. The van der Waals surface area contributed by atoms with E-state index in [4.69, 9.17) is 0 Å². The highest BCUT2D eigenvalue weighted by molar-refractivity contribution is 7.92. The number of likely N-dealkylation sites (N-methyl/N-ethyl adjacent to an activating group) is 1. The van der Waals surface area contributed by atoms with Crippen molar-refractivity contribution in [3.8, 4) is 0 Å². The van der Waals surface area contributed by atoms with Crippen LogP contribution in [0.3, 0.4) is 0 Å². The summed E-state index contributed by atoms with van der Waals surface area (Å²) in [5, 5.41) is 0.710. The molecule has 0 radical (unpaired) electrons. The fourth-order valence-corrected chi connectivity index (χ4v) is 2.50. The third kappa shape index (κ3) is 2.64. The van der Waals surface area contributed by atoms with E-state index in [2.05, 4.69) is 11.3 Å². The average Bonchev–Trinajstić information content (AvgIpc) is 2.30. The number of nitrogens with zero attached hydrogens (tertiary/aromatic N) is 2. The lowest BCUT2D eigenvalue weighted by molar-refractivity contribution is -0.150. The Morgan fingerprint density at radius 1 is 1.59 bits per heavy atom. The fraction of sp³-hybridized carbons (Fsp3) is 0.556. The first-order valence-electron chi connectivity index (χ1n) is 4.79. The minimum atomic E-state index is -3.83. The summed E-state index contributed by atoms with van der Waals surface area (Å²) in [4.78, 5) is 24.2. The van der Waals surface area contributed by atoms with Gasteiger partial charge in [-0.1, -0.05) is 6.58 Å². The summed E-state index contributed by atoms with van der Waals surface area (Å²) in [6.45, 7) is 2.75. The number of ether oxygens (including phenoxy) is 1. The molecule has 0 aromatic heterocycles. The Morgan fingerprint density at radius 2 is 2.18 bits per heavy atom. The topological polar surface area (TPSA) is 84.0 Å². The lowest BCUT2D eigenvalue weighted by Crippen LogP contribution is -2.59. The van der Waals surface area contributed by atoms with Crippen molar-refractivity contribution in [2.75, 3.05) is 27.2 Å². The van der Waals surface area contributed by atoms with Crippen LogP contribution in [-0.2, 0) is 24.3 Å². The van der Waals surface area contributed by atoms with Gasteiger partial charge in [0.05, 0.1) is 13.7 Å². The lowest BCUT2D eigenvalue weighted by Gasteiger charge is -2.35. The first-order chi connectivity index (χ1) is 7.83. The van der Waals surface area contributed by atoms with Crippen LogP contribution in [0.25, 0.3) is 0 Å². The smallest absolute Gasteiger partial charge is 0.326 e. The quantitative estimate of drug-likeness (QED) is 0.595. The van der Waals surface area contributed by atoms with Crippen molar-refractivity contribution in [3.05, 3.63) is 12.0 Å². The summed E-state index contributed by atoms with van der Waals surface area (Å²) in [7, 11) is -1.17. The maximum Gasteiger partial charge on any atom is 0.326 e. The zero-order chi connectivity index (χ0) is 13.2. The number of rotatable bonds is 3. The van der Waals surface area contributed by atoms with E-state index in [1.165, 1.54) is 11.9 Å². The SMILES string of the molecule is C=CS(=O)(=O)N1CC(=O)N(C)CC1C(=O)OC. The van der Waals surface area contributed by atoms with Crippen LogP contribution in [0.2, 0.25) is 0 Å². The first kappa shape index (κ1) is 13.7. The van der Waals surface area contributed by atoms with Gasteiger partial charge in [-0.2, -0.15) is 4.31 Å². The molecule has 0 bridgehead atoms. The van der Waals surface area contributed by atoms with Gasteiger partial charge in [-0.3, -0.25) is 9.59 Å². The molecule has 1 amide bonds. The second-order valence-corrected chi connectivity index (χ2v) is 5.40. The number of sulfonamides is 1. The third-order valence-electron chi connectivity index (χ3n) is 2.52. The van der Waals surface area contributed by atoms with Crippen LogP contribution in [0.1, 0.15) is 0 Å². The zero-order valence-electron chi connectivity index (χ0n) is 9.62. The molecule has 1 saturated heterocycles. The summed E-state index contributed by atoms with van der Waals surface area (Å²) >= 11 is 0. The summed E-state index contributed by atoms with van der Waals surface area (Å²) in [6.07, 6.45) is 0. The van der Waals surface area contributed by atoms with Gasteiger partial charge in [0.2, 0.25) is 15.9 Å². The van der Waals surface area contributed by atoms with Crippen LogP contribution < -0.4 is 0 Å². The van der Waals surface area contributed by atoms with E-state index < -0.39 is 22.0 Å². The summed E-state index contributed by atoms with van der Waals surface area (Å²) in [5.41, 5.74) is 0. The molecular weight excluding hydrogens is 248 g/mol. The third-order valence-corrected chi connectivity index (χ3v) is 3.98. The molecule has 17 heavy (non-hydrogen) atoms. The molecule has 0 saturated carbocycles. The van der Waals surface area contributed by atoms with Gasteiger partial charge in [0.1, 0.15) is 6.04 Å². The zero-order valence-corrected chi connectivity index (χ0v) is 10.4. The van der Waals surface area contributed by atoms with E-state index in [1.54, 1.807) is 0 Å². The Bertz CT molecular complexity index is 444. The van der Waals surface area contributed by atoms with Crippen LogP contribution in [-0.4, -0.2) is 62.8 Å². The Morgan fingerprint density at radius 3 is 2.65 bits per heavy atom. The molecule has 1 atom stereocenters. The minimum Gasteiger partial charge on any atom is -0.468 e. The predicted octanol–water partition coefficient (Wildman–Crippen LogP) is -1.22. The van der Waals surface area contributed by atoms with Gasteiger partial charge in [0.25, 0.3) is 0 Å². The number of carbonyl (C=O) groups is 2. The van der Waals surface area contributed by atoms with Crippen LogP contribution >= 0.6 is 0 Å². The van der Waals surface area contributed by atoms with Gasteiger partial charge < -0.3 is 9.64 Å². The standard InChI is InChI=1S/C9H14N2O5S/c1-4-17(14,15)11-6-8(12)10(2)5-7(11)9(13)16-3/h4,7H,1,5-6H2,2-3H3. The normalized spacial score (nSPS) is 22.4. The Balaban J connectivity index is 3.10. The second kappa shape index (κ2) is 4.84. The number of piperazine rings is 1. The maximum atomic E-state index is 11.7. The Hall–Kier alpha value is -1.41. The Kier molecular flexibility index (Phi) is 3.89. The highest BCUT2D eigenvalue weighted by atomic mass is 32.2. The summed E-state index contributed by atoms with van der Waals surface area (Å²) < 4.78 is 28.7. The monoisotopic (exact) mass is 262 g/mol. The molecule has 1 aliphatic rings. The highest BCUT2D eigenvalue weighted by Gasteiger charge is 2.41. The molecule has 1 aliphatic heterocycles. The second-order valence-electron chi connectivity index (χ2n) is 3.57. The molecule has 7 nitrogen and oxygen atoms in total. The van der Waals surface area contributed by atoms with Gasteiger partial charge in [0, 0.05) is 19.0 Å². The fourth-order valence-electron chi connectivity index (χ4n) is 1.51. The molecule has 1 rings (SSSR count). The van der Waals surface area contributed by atoms with Crippen molar-refractivity contribution in [1.29, 1.82) is 0 Å². The molecule has 0 spiro atoms. The number of methoxy groups -OCH3 is 1. The van der Waals surface area contributed by atoms with Crippen LogP contribution in [0.4, 0.5) is 0 Å². The molecule has 96 valence electrons. The average molecular weight is 262 g/mol. The largest absolute Gasteiger partial charge is 0.468 e. The molecule has 0 aromatic carbocycles. The van der Waals surface area contributed by atoms with Gasteiger partial charge in [-0.05, 0) is 0 Å². The maximum absolute atomic E-state index is 11.7. The van der Waals surface area contributed by atoms with Crippen molar-refractivity contribution in [2.45, 2.75) is 6.04 Å². The number of carbonyl (C=O) groups excluding carboxylic acids is 2. The molecule has 0 aromatic rings. The highest BCUT2D eigenvalue weighted by Crippen LogP contribution is 2.16. The molecular formula is C9H14N2O5S.